The van der Waals surface area contributed by atoms with Crippen molar-refractivity contribution in [1.82, 2.24) is 4.90 Å². The molecule has 1 saturated heterocycles. The van der Waals surface area contributed by atoms with Crippen molar-refractivity contribution in [1.29, 1.82) is 0 Å². The summed E-state index contributed by atoms with van der Waals surface area (Å²) in [6.07, 6.45) is 2.21. The maximum Gasteiger partial charge on any atom is 0.317 e. The molecule has 2 fully saturated rings. The lowest BCUT2D eigenvalue weighted by Gasteiger charge is -2.63. The fourth-order valence-corrected chi connectivity index (χ4v) is 7.90. The van der Waals surface area contributed by atoms with Crippen molar-refractivity contribution < 1.29 is 28.8 Å². The Hall–Kier alpha value is -2.61. The van der Waals surface area contributed by atoms with E-state index in [9.17, 15) is 9.90 Å². The smallest absolute Gasteiger partial charge is 0.317 e. The predicted octanol–water partition coefficient (Wildman–Crippen LogP) is 3.67. The van der Waals surface area contributed by atoms with E-state index in [-0.39, 0.29) is 41.5 Å². The second-order valence-corrected chi connectivity index (χ2v) is 11.2. The number of carboxylic acid groups (broad SMARTS) is 1. The van der Waals surface area contributed by atoms with Crippen molar-refractivity contribution in [3.8, 4) is 11.5 Å². The van der Waals surface area contributed by atoms with Crippen molar-refractivity contribution in [2.24, 2.45) is 11.3 Å². The average molecular weight is 494 g/mol. The van der Waals surface area contributed by atoms with Crippen LogP contribution in [0.1, 0.15) is 36.5 Å². The average Bonchev–Trinajstić information content (AvgIpc) is 3.20. The molecule has 2 heterocycles. The van der Waals surface area contributed by atoms with Gasteiger partial charge in [0.1, 0.15) is 12.2 Å². The van der Waals surface area contributed by atoms with Crippen LogP contribution in [0.2, 0.25) is 0 Å². The Morgan fingerprint density at radius 1 is 1.19 bits per heavy atom. The van der Waals surface area contributed by atoms with Gasteiger partial charge in [0.25, 0.3) is 0 Å². The van der Waals surface area contributed by atoms with Crippen molar-refractivity contribution in [2.45, 2.75) is 56.5 Å². The highest BCUT2D eigenvalue weighted by Crippen LogP contribution is 2.66. The molecule has 0 aromatic heterocycles. The first-order chi connectivity index (χ1) is 17.4. The molecule has 4 unspecified atom stereocenters. The lowest BCUT2D eigenvalue weighted by molar-refractivity contribution is -0.190. The topological polar surface area (TPSA) is 77.5 Å². The number of nitrogens with zero attached hydrogens (tertiary/aromatic N) is 1. The third kappa shape index (κ3) is 3.40. The van der Waals surface area contributed by atoms with E-state index < -0.39 is 5.97 Å². The van der Waals surface area contributed by atoms with E-state index in [4.69, 9.17) is 18.9 Å². The molecule has 1 spiro atoms. The number of ether oxygens (including phenoxy) is 4. The minimum Gasteiger partial charge on any atom is -0.493 e. The molecule has 6 rings (SSSR count). The fourth-order valence-electron chi connectivity index (χ4n) is 7.90. The second kappa shape index (κ2) is 8.75. The molecule has 6 atom stereocenters. The summed E-state index contributed by atoms with van der Waals surface area (Å²) in [6, 6.07) is 14.5. The summed E-state index contributed by atoms with van der Waals surface area (Å²) in [6.45, 7) is 4.13. The number of rotatable bonds is 8. The molecule has 0 radical (unpaired) electrons. The number of hydrogen-bond acceptors (Lipinski definition) is 6. The zero-order valence-corrected chi connectivity index (χ0v) is 21.2. The van der Waals surface area contributed by atoms with E-state index in [1.807, 2.05) is 24.3 Å². The summed E-state index contributed by atoms with van der Waals surface area (Å²) >= 11 is 0. The monoisotopic (exact) mass is 493 g/mol. The number of piperidine rings is 1. The highest BCUT2D eigenvalue weighted by Gasteiger charge is 2.70. The zero-order chi connectivity index (χ0) is 25.1. The molecule has 1 saturated carbocycles. The van der Waals surface area contributed by atoms with Crippen LogP contribution in [0.15, 0.2) is 42.5 Å². The molecule has 4 aliphatic rings. The standard InChI is InChI=1S/C29H35NO6/c1-28(17-35-16-18-7-5-4-6-8-18)14-20-21-13-19-9-10-22(33-2)25-24(19)29(20,27(36-25)26(28)34-3)11-12-30(21)15-23(31)32/h4-10,20-21,26-27H,11-17H2,1-3H3,(H,31,32)/t20?,21?,26?,27-,28-,29?/m0/s1. The van der Waals surface area contributed by atoms with Crippen molar-refractivity contribution >= 4 is 5.97 Å². The van der Waals surface area contributed by atoms with Gasteiger partial charge in [-0.15, -0.1) is 0 Å². The maximum atomic E-state index is 11.8. The van der Waals surface area contributed by atoms with E-state index in [0.717, 1.165) is 42.9 Å². The number of aliphatic carboxylic acids is 1. The molecule has 2 bridgehead atoms. The minimum absolute atomic E-state index is 0.0655. The van der Waals surface area contributed by atoms with Crippen LogP contribution < -0.4 is 9.47 Å². The fraction of sp³-hybridized carbons (Fsp3) is 0.552. The first-order valence-corrected chi connectivity index (χ1v) is 12.9. The van der Waals surface area contributed by atoms with Gasteiger partial charge in [-0.3, -0.25) is 9.69 Å². The molecule has 192 valence electrons. The van der Waals surface area contributed by atoms with E-state index in [0.29, 0.717) is 13.2 Å². The van der Waals surface area contributed by atoms with Gasteiger partial charge in [0.15, 0.2) is 11.5 Å². The van der Waals surface area contributed by atoms with Gasteiger partial charge < -0.3 is 24.1 Å². The number of carboxylic acids is 1. The van der Waals surface area contributed by atoms with Gasteiger partial charge in [-0.2, -0.15) is 0 Å². The Balaban J connectivity index is 1.40. The number of carbonyl (C=O) groups is 1. The van der Waals surface area contributed by atoms with Crippen LogP contribution in [-0.4, -0.2) is 68.1 Å². The molecule has 2 aromatic carbocycles. The predicted molar refractivity (Wildman–Crippen MR) is 134 cm³/mol. The Morgan fingerprint density at radius 2 is 2.00 bits per heavy atom. The van der Waals surface area contributed by atoms with Crippen LogP contribution in [0.5, 0.6) is 11.5 Å². The number of likely N-dealkylation sites (tertiary alicyclic amines) is 1. The Labute approximate surface area is 212 Å². The zero-order valence-electron chi connectivity index (χ0n) is 21.2. The van der Waals surface area contributed by atoms with Crippen molar-refractivity contribution in [2.75, 3.05) is 33.9 Å². The summed E-state index contributed by atoms with van der Waals surface area (Å²) in [5.41, 5.74) is 3.17. The molecule has 2 aliphatic carbocycles. The van der Waals surface area contributed by atoms with E-state index in [2.05, 4.69) is 30.0 Å². The molecule has 7 nitrogen and oxygen atoms in total. The normalized spacial score (nSPS) is 34.1. The minimum atomic E-state index is -0.772. The van der Waals surface area contributed by atoms with E-state index >= 15 is 0 Å². The van der Waals surface area contributed by atoms with Gasteiger partial charge in [-0.05, 0) is 42.4 Å². The summed E-state index contributed by atoms with van der Waals surface area (Å²) in [5, 5.41) is 9.67. The Bertz CT molecular complexity index is 1150. The van der Waals surface area contributed by atoms with Crippen LogP contribution in [0.4, 0.5) is 0 Å². The highest BCUT2D eigenvalue weighted by molar-refractivity contribution is 5.69. The maximum absolute atomic E-state index is 11.8. The number of methoxy groups -OCH3 is 2. The van der Waals surface area contributed by atoms with Gasteiger partial charge in [0.2, 0.25) is 0 Å². The summed E-state index contributed by atoms with van der Waals surface area (Å²) < 4.78 is 25.2. The van der Waals surface area contributed by atoms with Crippen LogP contribution in [0, 0.1) is 11.3 Å². The molecular formula is C29H35NO6. The number of hydrogen-bond donors (Lipinski definition) is 1. The largest absolute Gasteiger partial charge is 0.493 e. The quantitative estimate of drug-likeness (QED) is 0.601. The van der Waals surface area contributed by atoms with Gasteiger partial charge >= 0.3 is 5.97 Å². The van der Waals surface area contributed by atoms with Crippen molar-refractivity contribution in [3.05, 3.63) is 59.2 Å². The summed E-state index contributed by atoms with van der Waals surface area (Å²) in [7, 11) is 3.47. The van der Waals surface area contributed by atoms with Crippen molar-refractivity contribution in [3.63, 3.8) is 0 Å². The third-order valence-electron chi connectivity index (χ3n) is 9.27. The summed E-state index contributed by atoms with van der Waals surface area (Å²) in [4.78, 5) is 13.9. The third-order valence-corrected chi connectivity index (χ3v) is 9.27. The SMILES string of the molecule is COc1ccc2c3c1O[C@H]1C(OC)[C@](C)(COCc4ccccc4)CC4C(C2)N(CC(=O)O)CCC341. The summed E-state index contributed by atoms with van der Waals surface area (Å²) in [5.74, 6) is 1.09. The Morgan fingerprint density at radius 3 is 2.72 bits per heavy atom. The van der Waals surface area contributed by atoms with Crippen LogP contribution in [-0.2, 0) is 32.7 Å². The van der Waals surface area contributed by atoms with Gasteiger partial charge in [-0.1, -0.05) is 43.3 Å². The first kappa shape index (κ1) is 23.8. The molecule has 36 heavy (non-hydrogen) atoms. The van der Waals surface area contributed by atoms with Crippen LogP contribution >= 0.6 is 0 Å². The van der Waals surface area contributed by atoms with Gasteiger partial charge in [0.05, 0.1) is 26.9 Å². The molecule has 2 aromatic rings. The van der Waals surface area contributed by atoms with Gasteiger partial charge in [0, 0.05) is 36.1 Å². The van der Waals surface area contributed by atoms with Crippen LogP contribution in [0.25, 0.3) is 0 Å². The number of benzene rings is 2. The molecule has 1 N–H and O–H groups in total. The highest BCUT2D eigenvalue weighted by atomic mass is 16.6. The molecule has 7 heteroatoms. The van der Waals surface area contributed by atoms with E-state index in [1.165, 1.54) is 11.1 Å². The van der Waals surface area contributed by atoms with Gasteiger partial charge in [-0.25, -0.2) is 0 Å². The molecular weight excluding hydrogens is 458 g/mol. The lowest BCUT2D eigenvalue weighted by atomic mass is 9.47. The second-order valence-electron chi connectivity index (χ2n) is 11.2. The molecule has 2 aliphatic heterocycles. The van der Waals surface area contributed by atoms with Crippen LogP contribution in [0.3, 0.4) is 0 Å². The first-order valence-electron chi connectivity index (χ1n) is 12.9. The lowest BCUT2D eigenvalue weighted by Crippen LogP contribution is -2.71. The van der Waals surface area contributed by atoms with E-state index in [1.54, 1.807) is 14.2 Å². The Kier molecular flexibility index (Phi) is 5.78. The molecule has 0 amide bonds.